The number of nitrogens with zero attached hydrogens (tertiary/aromatic N) is 1. The van der Waals surface area contributed by atoms with Crippen molar-refractivity contribution in [2.45, 2.75) is 5.92 Å². The molecule has 148 valence electrons. The second-order valence-corrected chi connectivity index (χ2v) is 6.67. The summed E-state index contributed by atoms with van der Waals surface area (Å²) < 4.78 is 5.34. The summed E-state index contributed by atoms with van der Waals surface area (Å²) in [4.78, 5) is 37.7. The van der Waals surface area contributed by atoms with Crippen LogP contribution >= 0.6 is 0 Å². The molecule has 8 nitrogen and oxygen atoms in total. The van der Waals surface area contributed by atoms with Gasteiger partial charge in [0.1, 0.15) is 29.6 Å². The van der Waals surface area contributed by atoms with Crippen LogP contribution in [0.1, 0.15) is 33.0 Å². The number of H-pyrrole nitrogens is 1. The van der Waals surface area contributed by atoms with Gasteiger partial charge in [-0.05, 0) is 28.3 Å². The van der Waals surface area contributed by atoms with E-state index in [1.807, 2.05) is 48.5 Å². The number of carbonyl (C=O) groups is 2. The van der Waals surface area contributed by atoms with Gasteiger partial charge in [0.05, 0.1) is 0 Å². The fourth-order valence-corrected chi connectivity index (χ4v) is 3.62. The summed E-state index contributed by atoms with van der Waals surface area (Å²) in [7, 11) is 0. The van der Waals surface area contributed by atoms with E-state index in [2.05, 4.69) is 10.3 Å². The van der Waals surface area contributed by atoms with E-state index < -0.39 is 23.2 Å². The highest BCUT2D eigenvalue weighted by Gasteiger charge is 2.29. The molecule has 30 heavy (non-hydrogen) atoms. The fourth-order valence-electron chi connectivity index (χ4n) is 3.62. The number of carboxylic acid groups (broad SMARTS) is 1. The van der Waals surface area contributed by atoms with E-state index in [0.717, 1.165) is 28.3 Å². The summed E-state index contributed by atoms with van der Waals surface area (Å²) in [6.07, 6.45) is -0.917. The maximum atomic E-state index is 12.3. The van der Waals surface area contributed by atoms with Crippen molar-refractivity contribution < 1.29 is 19.4 Å². The number of carbonyl (C=O) groups excluding carboxylic acids is 1. The van der Waals surface area contributed by atoms with E-state index in [1.54, 1.807) is 6.07 Å². The van der Waals surface area contributed by atoms with Gasteiger partial charge in [-0.3, -0.25) is 10.1 Å². The lowest BCUT2D eigenvalue weighted by atomic mass is 9.98. The maximum absolute atomic E-state index is 12.3. The number of benzene rings is 2. The van der Waals surface area contributed by atoms with Gasteiger partial charge < -0.3 is 14.8 Å². The zero-order valence-electron chi connectivity index (χ0n) is 15.5. The Morgan fingerprint density at radius 2 is 1.70 bits per heavy atom. The summed E-state index contributed by atoms with van der Waals surface area (Å²) in [6, 6.07) is 18.2. The number of aromatic amines is 1. The quantitative estimate of drug-likeness (QED) is 0.614. The van der Waals surface area contributed by atoms with Crippen LogP contribution in [-0.2, 0) is 4.74 Å². The van der Waals surface area contributed by atoms with Crippen LogP contribution in [0.5, 0.6) is 0 Å². The smallest absolute Gasteiger partial charge is 0.412 e. The molecule has 4 rings (SSSR count). The molecule has 1 heterocycles. The van der Waals surface area contributed by atoms with Gasteiger partial charge in [0.25, 0.3) is 5.56 Å². The fraction of sp³-hybridized carbons (Fsp3) is 0.0909. The summed E-state index contributed by atoms with van der Waals surface area (Å²) in [5.74, 6) is -1.91. The molecule has 0 atom stereocenters. The summed E-state index contributed by atoms with van der Waals surface area (Å²) in [6.45, 7) is 0.0305. The van der Waals surface area contributed by atoms with Crippen LogP contribution in [0.15, 0.2) is 59.4 Å². The number of fused-ring (bicyclic) bond motifs is 3. The van der Waals surface area contributed by atoms with Crippen LogP contribution in [0.2, 0.25) is 0 Å². The van der Waals surface area contributed by atoms with Crippen LogP contribution in [0.3, 0.4) is 0 Å². The first-order valence-corrected chi connectivity index (χ1v) is 9.02. The molecule has 1 amide bonds. The molecule has 3 aromatic rings. The maximum Gasteiger partial charge on any atom is 0.412 e. The van der Waals surface area contributed by atoms with Crippen molar-refractivity contribution in [2.75, 3.05) is 11.9 Å². The number of hydrogen-bond acceptors (Lipinski definition) is 5. The zero-order chi connectivity index (χ0) is 21.3. The molecular weight excluding hydrogens is 386 g/mol. The second-order valence-electron chi connectivity index (χ2n) is 6.67. The number of anilines is 1. The lowest BCUT2D eigenvalue weighted by molar-refractivity contribution is 0.0697. The van der Waals surface area contributed by atoms with E-state index in [0.29, 0.717) is 0 Å². The molecule has 0 fully saturated rings. The van der Waals surface area contributed by atoms with Crippen LogP contribution < -0.4 is 10.9 Å². The Kier molecular flexibility index (Phi) is 4.78. The molecule has 1 aliphatic rings. The topological polar surface area (TPSA) is 132 Å². The molecule has 3 N–H and O–H groups in total. The Bertz CT molecular complexity index is 1230. The minimum absolute atomic E-state index is 0.0305. The number of amides is 1. The Labute approximate surface area is 170 Å². The van der Waals surface area contributed by atoms with Gasteiger partial charge in [-0.2, -0.15) is 5.26 Å². The van der Waals surface area contributed by atoms with Gasteiger partial charge in [0.2, 0.25) is 0 Å². The van der Waals surface area contributed by atoms with E-state index in [4.69, 9.17) is 10.00 Å². The molecule has 8 heteroatoms. The Hall–Kier alpha value is -4.38. The average Bonchev–Trinajstić information content (AvgIpc) is 3.06. The van der Waals surface area contributed by atoms with Gasteiger partial charge in [-0.1, -0.05) is 48.5 Å². The summed E-state index contributed by atoms with van der Waals surface area (Å²) in [5.41, 5.74) is 2.62. The Balaban J connectivity index is 1.54. The highest BCUT2D eigenvalue weighted by molar-refractivity contribution is 5.97. The van der Waals surface area contributed by atoms with Crippen LogP contribution in [0.25, 0.3) is 11.1 Å². The van der Waals surface area contributed by atoms with E-state index in [1.165, 1.54) is 0 Å². The minimum atomic E-state index is -1.41. The standard InChI is InChI=1S/C22H15N3O5/c23-10-12-9-17(21(27)28)19(24-20(12)26)25-22(29)30-11-18-15-7-3-1-5-13(15)14-6-2-4-8-16(14)18/h1-9,18H,11H2,(H,27,28)(H2,24,25,26,29). The molecule has 0 aliphatic heterocycles. The third kappa shape index (κ3) is 3.29. The minimum Gasteiger partial charge on any atom is -0.478 e. The predicted molar refractivity (Wildman–Crippen MR) is 107 cm³/mol. The van der Waals surface area contributed by atoms with Crippen molar-refractivity contribution in [3.63, 3.8) is 0 Å². The number of rotatable bonds is 4. The number of ether oxygens (including phenoxy) is 1. The van der Waals surface area contributed by atoms with Gasteiger partial charge >= 0.3 is 12.1 Å². The van der Waals surface area contributed by atoms with Crippen LogP contribution in [0.4, 0.5) is 10.6 Å². The molecule has 0 saturated carbocycles. The van der Waals surface area contributed by atoms with Crippen molar-refractivity contribution in [2.24, 2.45) is 0 Å². The van der Waals surface area contributed by atoms with E-state index in [-0.39, 0.29) is 23.9 Å². The molecule has 1 aliphatic carbocycles. The monoisotopic (exact) mass is 401 g/mol. The molecule has 0 bridgehead atoms. The zero-order valence-corrected chi connectivity index (χ0v) is 15.5. The Morgan fingerprint density at radius 3 is 2.27 bits per heavy atom. The normalized spacial score (nSPS) is 11.8. The number of aromatic carboxylic acids is 1. The van der Waals surface area contributed by atoms with Crippen molar-refractivity contribution in [3.05, 3.63) is 87.2 Å². The second kappa shape index (κ2) is 7.56. The third-order valence-electron chi connectivity index (χ3n) is 4.96. The van der Waals surface area contributed by atoms with Crippen molar-refractivity contribution >= 4 is 17.9 Å². The molecule has 0 radical (unpaired) electrons. The lowest BCUT2D eigenvalue weighted by Gasteiger charge is -2.15. The number of nitrogens with one attached hydrogen (secondary N) is 2. The largest absolute Gasteiger partial charge is 0.478 e. The van der Waals surface area contributed by atoms with Crippen LogP contribution in [0, 0.1) is 11.3 Å². The first-order valence-electron chi connectivity index (χ1n) is 9.02. The van der Waals surface area contributed by atoms with E-state index in [9.17, 15) is 19.5 Å². The lowest BCUT2D eigenvalue weighted by Crippen LogP contribution is -2.23. The van der Waals surface area contributed by atoms with Crippen molar-refractivity contribution in [3.8, 4) is 17.2 Å². The van der Waals surface area contributed by atoms with Crippen molar-refractivity contribution in [1.82, 2.24) is 4.98 Å². The molecule has 0 unspecified atom stereocenters. The van der Waals surface area contributed by atoms with Crippen LogP contribution in [-0.4, -0.2) is 28.8 Å². The number of hydrogen-bond donors (Lipinski definition) is 3. The summed E-state index contributed by atoms with van der Waals surface area (Å²) in [5, 5.41) is 20.4. The number of pyridine rings is 1. The first kappa shape index (κ1) is 19.0. The molecule has 0 saturated heterocycles. The Morgan fingerprint density at radius 1 is 1.10 bits per heavy atom. The summed E-state index contributed by atoms with van der Waals surface area (Å²) >= 11 is 0. The molecule has 0 spiro atoms. The van der Waals surface area contributed by atoms with Gasteiger partial charge in [0.15, 0.2) is 0 Å². The predicted octanol–water partition coefficient (Wildman–Crippen LogP) is 3.31. The number of carboxylic acids is 1. The van der Waals surface area contributed by atoms with Gasteiger partial charge in [-0.15, -0.1) is 0 Å². The number of aromatic nitrogens is 1. The molecule has 1 aromatic heterocycles. The number of nitriles is 1. The first-order chi connectivity index (χ1) is 14.5. The molecule has 2 aromatic carbocycles. The molecular formula is C22H15N3O5. The third-order valence-corrected chi connectivity index (χ3v) is 4.96. The SMILES string of the molecule is N#Cc1cc(C(=O)O)c(NC(=O)OCC2c3ccccc3-c3ccccc32)[nH]c1=O. The van der Waals surface area contributed by atoms with Crippen molar-refractivity contribution in [1.29, 1.82) is 5.26 Å². The highest BCUT2D eigenvalue weighted by atomic mass is 16.5. The van der Waals surface area contributed by atoms with Gasteiger partial charge in [0, 0.05) is 5.92 Å². The van der Waals surface area contributed by atoms with Gasteiger partial charge in [-0.25, -0.2) is 9.59 Å². The highest BCUT2D eigenvalue weighted by Crippen LogP contribution is 2.44. The average molecular weight is 401 g/mol. The van der Waals surface area contributed by atoms with E-state index >= 15 is 0 Å².